The average Bonchev–Trinajstić information content (AvgIpc) is 2.30. The molecule has 0 saturated carbocycles. The second-order valence-corrected chi connectivity index (χ2v) is 4.26. The van der Waals surface area contributed by atoms with Crippen molar-refractivity contribution in [3.05, 3.63) is 29.6 Å². The van der Waals surface area contributed by atoms with Crippen molar-refractivity contribution in [2.75, 3.05) is 23.4 Å². The highest BCUT2D eigenvalue weighted by Crippen LogP contribution is 2.19. The summed E-state index contributed by atoms with van der Waals surface area (Å²) in [6.45, 7) is 0.466. The molecule has 0 spiro atoms. The molecule has 0 unspecified atom stereocenters. The molecule has 0 bridgehead atoms. The molecule has 17 heavy (non-hydrogen) atoms. The number of carboxylic acids is 1. The molecule has 0 atom stereocenters. The number of terminal acetylenes is 1. The maximum absolute atomic E-state index is 13.4. The van der Waals surface area contributed by atoms with Crippen molar-refractivity contribution < 1.29 is 14.3 Å². The summed E-state index contributed by atoms with van der Waals surface area (Å²) < 4.78 is 13.4. The highest BCUT2D eigenvalue weighted by atomic mass is 32.2. The van der Waals surface area contributed by atoms with E-state index in [0.717, 1.165) is 0 Å². The molecule has 0 aromatic heterocycles. The maximum Gasteiger partial charge on any atom is 0.337 e. The van der Waals surface area contributed by atoms with E-state index in [-0.39, 0.29) is 11.3 Å². The first-order chi connectivity index (χ1) is 8.16. The molecule has 1 rings (SSSR count). The van der Waals surface area contributed by atoms with Gasteiger partial charge in [0.1, 0.15) is 5.82 Å². The van der Waals surface area contributed by atoms with Crippen LogP contribution in [-0.2, 0) is 0 Å². The highest BCUT2D eigenvalue weighted by Gasteiger charge is 2.13. The summed E-state index contributed by atoms with van der Waals surface area (Å²) in [5, 5.41) is 11.7. The summed E-state index contributed by atoms with van der Waals surface area (Å²) in [5.74, 6) is 2.04. The second-order valence-electron chi connectivity index (χ2n) is 3.15. The Morgan fingerprint density at radius 1 is 1.59 bits per heavy atom. The van der Waals surface area contributed by atoms with E-state index in [2.05, 4.69) is 11.2 Å². The standard InChI is InChI=1S/C12H12FNO2S/c1-2-7-17-8-6-14-11-9(12(15)16)4-3-5-10(11)13/h1,3-5,14H,6-8H2,(H,15,16). The topological polar surface area (TPSA) is 49.3 Å². The molecule has 1 aromatic carbocycles. The van der Waals surface area contributed by atoms with Gasteiger partial charge in [0.2, 0.25) is 0 Å². The van der Waals surface area contributed by atoms with Gasteiger partial charge >= 0.3 is 5.97 Å². The SMILES string of the molecule is C#CCSCCNc1c(F)cccc1C(=O)O. The fourth-order valence-corrected chi connectivity index (χ4v) is 1.77. The molecule has 5 heteroatoms. The Morgan fingerprint density at radius 3 is 3.00 bits per heavy atom. The smallest absolute Gasteiger partial charge is 0.337 e. The highest BCUT2D eigenvalue weighted by molar-refractivity contribution is 7.99. The molecular weight excluding hydrogens is 241 g/mol. The van der Waals surface area contributed by atoms with Crippen LogP contribution in [0.15, 0.2) is 18.2 Å². The lowest BCUT2D eigenvalue weighted by molar-refractivity contribution is 0.0697. The van der Waals surface area contributed by atoms with Crippen molar-refractivity contribution in [3.63, 3.8) is 0 Å². The number of benzene rings is 1. The van der Waals surface area contributed by atoms with E-state index in [1.807, 2.05) is 0 Å². The van der Waals surface area contributed by atoms with E-state index in [1.165, 1.54) is 30.0 Å². The van der Waals surface area contributed by atoms with Crippen molar-refractivity contribution in [3.8, 4) is 12.3 Å². The Bertz CT molecular complexity index is 443. The largest absolute Gasteiger partial charge is 0.478 e. The molecule has 0 radical (unpaired) electrons. The summed E-state index contributed by atoms with van der Waals surface area (Å²) in [6.07, 6.45) is 5.08. The van der Waals surface area contributed by atoms with Crippen molar-refractivity contribution in [2.45, 2.75) is 0 Å². The number of thioether (sulfide) groups is 1. The zero-order valence-electron chi connectivity index (χ0n) is 9.07. The molecule has 3 nitrogen and oxygen atoms in total. The normalized spacial score (nSPS) is 9.65. The third-order valence-corrected chi connectivity index (χ3v) is 2.84. The van der Waals surface area contributed by atoms with E-state index < -0.39 is 11.8 Å². The van der Waals surface area contributed by atoms with E-state index in [1.54, 1.807) is 0 Å². The van der Waals surface area contributed by atoms with Crippen LogP contribution in [0.2, 0.25) is 0 Å². The predicted molar refractivity (Wildman–Crippen MR) is 68.0 cm³/mol. The number of hydrogen-bond acceptors (Lipinski definition) is 3. The Morgan fingerprint density at radius 2 is 2.35 bits per heavy atom. The van der Waals surface area contributed by atoms with Gasteiger partial charge < -0.3 is 10.4 Å². The number of para-hydroxylation sites is 1. The molecule has 90 valence electrons. The number of hydrogen-bond donors (Lipinski definition) is 2. The third kappa shape index (κ3) is 4.00. The Labute approximate surface area is 103 Å². The van der Waals surface area contributed by atoms with E-state index in [9.17, 15) is 9.18 Å². The summed E-state index contributed by atoms with van der Waals surface area (Å²) in [6, 6.07) is 3.96. The number of carbonyl (C=O) groups is 1. The molecule has 0 heterocycles. The Kier molecular flexibility index (Phi) is 5.37. The van der Waals surface area contributed by atoms with Gasteiger partial charge in [0.15, 0.2) is 0 Å². The van der Waals surface area contributed by atoms with Crippen LogP contribution in [0.3, 0.4) is 0 Å². The second kappa shape index (κ2) is 6.81. The van der Waals surface area contributed by atoms with Crippen LogP contribution in [0, 0.1) is 18.2 Å². The predicted octanol–water partition coefficient (Wildman–Crippen LogP) is 2.30. The molecule has 0 amide bonds. The minimum absolute atomic E-state index is 0.0290. The van der Waals surface area contributed by atoms with Crippen LogP contribution < -0.4 is 5.32 Å². The third-order valence-electron chi connectivity index (χ3n) is 1.98. The Balaban J connectivity index is 2.63. The molecular formula is C12H12FNO2S. The fourth-order valence-electron chi connectivity index (χ4n) is 1.26. The number of rotatable bonds is 6. The number of anilines is 1. The molecule has 0 aliphatic carbocycles. The minimum Gasteiger partial charge on any atom is -0.478 e. The zero-order valence-corrected chi connectivity index (χ0v) is 9.89. The molecule has 0 saturated heterocycles. The quantitative estimate of drug-likeness (QED) is 0.603. The van der Waals surface area contributed by atoms with Crippen LogP contribution in [0.1, 0.15) is 10.4 Å². The number of halogens is 1. The van der Waals surface area contributed by atoms with E-state index >= 15 is 0 Å². The van der Waals surface area contributed by atoms with Gasteiger partial charge in [-0.25, -0.2) is 9.18 Å². The van der Waals surface area contributed by atoms with Crippen molar-refractivity contribution in [1.82, 2.24) is 0 Å². The molecule has 0 aliphatic rings. The summed E-state index contributed by atoms with van der Waals surface area (Å²) in [4.78, 5) is 10.9. The minimum atomic E-state index is -1.15. The van der Waals surface area contributed by atoms with Gasteiger partial charge in [0.05, 0.1) is 17.0 Å². The van der Waals surface area contributed by atoms with Crippen LogP contribution in [0.5, 0.6) is 0 Å². The molecule has 0 aliphatic heterocycles. The lowest BCUT2D eigenvalue weighted by atomic mass is 10.1. The summed E-state index contributed by atoms with van der Waals surface area (Å²) >= 11 is 1.52. The summed E-state index contributed by atoms with van der Waals surface area (Å²) in [7, 11) is 0. The molecule has 1 aromatic rings. The molecule has 0 fully saturated rings. The number of nitrogens with one attached hydrogen (secondary N) is 1. The van der Waals surface area contributed by atoms with Crippen LogP contribution in [0.4, 0.5) is 10.1 Å². The maximum atomic E-state index is 13.4. The summed E-state index contributed by atoms with van der Waals surface area (Å²) in [5.41, 5.74) is -0.0340. The first-order valence-corrected chi connectivity index (χ1v) is 6.09. The van der Waals surface area contributed by atoms with Crippen LogP contribution in [0.25, 0.3) is 0 Å². The average molecular weight is 253 g/mol. The number of aromatic carboxylic acids is 1. The lowest BCUT2D eigenvalue weighted by Gasteiger charge is -2.09. The van der Waals surface area contributed by atoms with Gasteiger partial charge in [-0.2, -0.15) is 0 Å². The van der Waals surface area contributed by atoms with Gasteiger partial charge in [0, 0.05) is 12.3 Å². The lowest BCUT2D eigenvalue weighted by Crippen LogP contribution is -2.11. The first-order valence-electron chi connectivity index (χ1n) is 4.93. The van der Waals surface area contributed by atoms with Crippen molar-refractivity contribution in [2.24, 2.45) is 0 Å². The van der Waals surface area contributed by atoms with Crippen LogP contribution in [-0.4, -0.2) is 29.1 Å². The molecule has 2 N–H and O–H groups in total. The van der Waals surface area contributed by atoms with Gasteiger partial charge in [0.25, 0.3) is 0 Å². The first kappa shape index (κ1) is 13.4. The van der Waals surface area contributed by atoms with Gasteiger partial charge in [-0.15, -0.1) is 18.2 Å². The van der Waals surface area contributed by atoms with Crippen molar-refractivity contribution in [1.29, 1.82) is 0 Å². The van der Waals surface area contributed by atoms with Gasteiger partial charge in [-0.3, -0.25) is 0 Å². The zero-order chi connectivity index (χ0) is 12.7. The van der Waals surface area contributed by atoms with Gasteiger partial charge in [-0.05, 0) is 12.1 Å². The van der Waals surface area contributed by atoms with E-state index in [4.69, 9.17) is 11.5 Å². The number of carboxylic acid groups (broad SMARTS) is 1. The monoisotopic (exact) mass is 253 g/mol. The van der Waals surface area contributed by atoms with Crippen LogP contribution >= 0.6 is 11.8 Å². The van der Waals surface area contributed by atoms with Crippen molar-refractivity contribution >= 4 is 23.4 Å². The van der Waals surface area contributed by atoms with E-state index in [0.29, 0.717) is 18.1 Å². The fraction of sp³-hybridized carbons (Fsp3) is 0.250. The Hall–Kier alpha value is -1.67. The van der Waals surface area contributed by atoms with Gasteiger partial charge in [-0.1, -0.05) is 12.0 Å².